The van der Waals surface area contributed by atoms with Crippen LogP contribution in [0.25, 0.3) is 0 Å². The van der Waals surface area contributed by atoms with Gasteiger partial charge in [-0.05, 0) is 35.9 Å². The third-order valence-corrected chi connectivity index (χ3v) is 3.36. The fraction of sp³-hybridized carbons (Fsp3) is 0.167. The first-order valence-electron chi connectivity index (χ1n) is 7.93. The molecule has 0 aliphatic carbocycles. The summed E-state index contributed by atoms with van der Waals surface area (Å²) < 4.78 is 9.81. The van der Waals surface area contributed by atoms with Gasteiger partial charge in [0.05, 0.1) is 26.1 Å². The van der Waals surface area contributed by atoms with Crippen molar-refractivity contribution in [1.29, 1.82) is 0 Å². The molecule has 0 unspecified atom stereocenters. The Kier molecular flexibility index (Phi) is 7.03. The second kappa shape index (κ2) is 9.67. The minimum absolute atomic E-state index is 0.0714. The molecule has 10 nitrogen and oxygen atoms in total. The number of carbonyl (C=O) groups excluding carboxylic acids is 2. The molecular formula is C18H18N4O6. The first-order chi connectivity index (χ1) is 13.4. The van der Waals surface area contributed by atoms with Gasteiger partial charge in [0.1, 0.15) is 6.42 Å². The normalized spacial score (nSPS) is 10.9. The summed E-state index contributed by atoms with van der Waals surface area (Å²) in [5, 5.41) is 30.0. The van der Waals surface area contributed by atoms with Crippen molar-refractivity contribution < 1.29 is 29.3 Å². The first kappa shape index (κ1) is 20.4. The van der Waals surface area contributed by atoms with Crippen LogP contribution in [0.1, 0.15) is 12.0 Å². The van der Waals surface area contributed by atoms with Crippen LogP contribution in [-0.4, -0.2) is 42.5 Å². The highest BCUT2D eigenvalue weighted by molar-refractivity contribution is 5.97. The van der Waals surface area contributed by atoms with Crippen LogP contribution in [0.2, 0.25) is 0 Å². The number of hydrogen-bond acceptors (Lipinski definition) is 8. The molecule has 0 fully saturated rings. The predicted molar refractivity (Wildman–Crippen MR) is 99.2 cm³/mol. The number of phenolic OH excluding ortho intramolecular Hbond substituents is 2. The molecule has 2 aromatic rings. The summed E-state index contributed by atoms with van der Waals surface area (Å²) in [6.07, 6.45) is 0.736. The highest BCUT2D eigenvalue weighted by Crippen LogP contribution is 2.30. The molecule has 0 spiro atoms. The van der Waals surface area contributed by atoms with Gasteiger partial charge in [-0.25, -0.2) is 5.43 Å². The van der Waals surface area contributed by atoms with E-state index in [0.29, 0.717) is 11.3 Å². The van der Waals surface area contributed by atoms with Crippen LogP contribution in [0.4, 0.5) is 5.69 Å². The minimum atomic E-state index is -0.787. The molecule has 2 amide bonds. The van der Waals surface area contributed by atoms with Crippen LogP contribution in [-0.2, 0) is 9.59 Å². The Morgan fingerprint density at radius 2 is 1.68 bits per heavy atom. The van der Waals surface area contributed by atoms with E-state index in [-0.39, 0.29) is 22.9 Å². The lowest BCUT2D eigenvalue weighted by Crippen LogP contribution is -2.20. The second-order valence-electron chi connectivity index (χ2n) is 5.35. The molecule has 2 rings (SSSR count). The summed E-state index contributed by atoms with van der Waals surface area (Å²) in [4.78, 5) is 23.4. The van der Waals surface area contributed by atoms with Gasteiger partial charge in [-0.15, -0.1) is 10.2 Å². The van der Waals surface area contributed by atoms with E-state index in [1.54, 1.807) is 12.1 Å². The molecule has 10 heteroatoms. The van der Waals surface area contributed by atoms with Gasteiger partial charge in [0, 0.05) is 6.07 Å². The fourth-order valence-corrected chi connectivity index (χ4v) is 2.03. The molecule has 0 radical (unpaired) electrons. The Hall–Kier alpha value is -3.95. The molecule has 146 valence electrons. The zero-order valence-electron chi connectivity index (χ0n) is 15.1. The summed E-state index contributed by atoms with van der Waals surface area (Å²) in [5.41, 5.74) is 2.91. The number of hydrogen-bond donors (Lipinski definition) is 3. The number of aromatic hydroxyl groups is 2. The van der Waals surface area contributed by atoms with Crippen molar-refractivity contribution in [3.63, 3.8) is 0 Å². The summed E-state index contributed by atoms with van der Waals surface area (Å²) in [7, 11) is 2.83. The third-order valence-electron chi connectivity index (χ3n) is 3.36. The van der Waals surface area contributed by atoms with Gasteiger partial charge in [0.25, 0.3) is 5.91 Å². The third kappa shape index (κ3) is 5.80. The van der Waals surface area contributed by atoms with E-state index < -0.39 is 18.2 Å². The van der Waals surface area contributed by atoms with Gasteiger partial charge in [-0.1, -0.05) is 0 Å². The lowest BCUT2D eigenvalue weighted by atomic mass is 10.2. The molecule has 28 heavy (non-hydrogen) atoms. The first-order valence-corrected chi connectivity index (χ1v) is 7.93. The number of methoxy groups -OCH3 is 2. The summed E-state index contributed by atoms with van der Waals surface area (Å²) >= 11 is 0. The molecule has 0 bridgehead atoms. The van der Waals surface area contributed by atoms with E-state index in [2.05, 4.69) is 20.8 Å². The van der Waals surface area contributed by atoms with Gasteiger partial charge in [-0.2, -0.15) is 5.10 Å². The van der Waals surface area contributed by atoms with Crippen molar-refractivity contribution in [1.82, 2.24) is 5.43 Å². The summed E-state index contributed by atoms with van der Waals surface area (Å²) in [6.45, 7) is 0. The summed E-state index contributed by atoms with van der Waals surface area (Å²) in [5.74, 6) is -1.13. The number of benzene rings is 2. The van der Waals surface area contributed by atoms with Gasteiger partial charge in [-0.3, -0.25) is 9.59 Å². The smallest absolute Gasteiger partial charge is 0.274 e. The van der Waals surface area contributed by atoms with E-state index in [1.807, 2.05) is 0 Å². The maximum absolute atomic E-state index is 11.7. The molecule has 0 saturated heterocycles. The van der Waals surface area contributed by atoms with Crippen molar-refractivity contribution in [3.05, 3.63) is 42.0 Å². The Morgan fingerprint density at radius 1 is 1.04 bits per heavy atom. The molecule has 2 aromatic carbocycles. The van der Waals surface area contributed by atoms with Crippen molar-refractivity contribution >= 4 is 23.7 Å². The van der Waals surface area contributed by atoms with E-state index in [0.717, 1.165) is 0 Å². The van der Waals surface area contributed by atoms with Gasteiger partial charge in [0.2, 0.25) is 5.91 Å². The number of amides is 2. The maximum Gasteiger partial charge on any atom is 0.274 e. The average Bonchev–Trinajstić information content (AvgIpc) is 2.66. The van der Waals surface area contributed by atoms with Crippen LogP contribution in [0.5, 0.6) is 23.0 Å². The van der Waals surface area contributed by atoms with Crippen LogP contribution in [0.15, 0.2) is 51.7 Å². The van der Waals surface area contributed by atoms with Crippen LogP contribution < -0.4 is 14.9 Å². The topological polar surface area (TPSA) is 142 Å². The molecular weight excluding hydrogens is 368 g/mol. The van der Waals surface area contributed by atoms with E-state index in [4.69, 9.17) is 9.47 Å². The zero-order chi connectivity index (χ0) is 20.5. The van der Waals surface area contributed by atoms with Crippen molar-refractivity contribution in [2.75, 3.05) is 14.2 Å². The number of hydrazone groups is 1. The molecule has 0 aliphatic heterocycles. The van der Waals surface area contributed by atoms with Crippen molar-refractivity contribution in [3.8, 4) is 23.0 Å². The van der Waals surface area contributed by atoms with E-state index >= 15 is 0 Å². The fourth-order valence-electron chi connectivity index (χ4n) is 2.03. The van der Waals surface area contributed by atoms with Crippen LogP contribution >= 0.6 is 0 Å². The lowest BCUT2D eigenvalue weighted by molar-refractivity contribution is -0.127. The predicted octanol–water partition coefficient (Wildman–Crippen LogP) is 2.27. The molecule has 0 aliphatic rings. The Labute approximate surface area is 160 Å². The molecule has 0 heterocycles. The highest BCUT2D eigenvalue weighted by atomic mass is 16.5. The van der Waals surface area contributed by atoms with E-state index in [9.17, 15) is 19.8 Å². The largest absolute Gasteiger partial charge is 0.504 e. The van der Waals surface area contributed by atoms with Crippen molar-refractivity contribution in [2.45, 2.75) is 6.42 Å². The number of carbonyl (C=O) groups is 2. The maximum atomic E-state index is 11.7. The van der Waals surface area contributed by atoms with Crippen LogP contribution in [0, 0.1) is 0 Å². The standard InChI is InChI=1S/C18H18N4O6/c1-27-15-5-3-11(7-13(15)23)10-19-21-17(25)9-18(26)22-20-12-4-6-16(28-2)14(24)8-12/h3-8,10,23-24H,9H2,1-2H3,(H,21,25)/b19-10-,22-20?. The number of nitrogens with zero attached hydrogens (tertiary/aromatic N) is 3. The molecule has 0 aromatic heterocycles. The number of rotatable bonds is 7. The second-order valence-corrected chi connectivity index (χ2v) is 5.35. The molecule has 0 saturated carbocycles. The zero-order valence-corrected chi connectivity index (χ0v) is 15.1. The van der Waals surface area contributed by atoms with E-state index in [1.165, 1.54) is 44.7 Å². The van der Waals surface area contributed by atoms with Crippen molar-refractivity contribution in [2.24, 2.45) is 15.3 Å². The number of nitrogens with one attached hydrogen (secondary N) is 1. The number of phenols is 2. The highest BCUT2D eigenvalue weighted by Gasteiger charge is 2.08. The van der Waals surface area contributed by atoms with Crippen LogP contribution in [0.3, 0.4) is 0 Å². The van der Waals surface area contributed by atoms with Gasteiger partial charge < -0.3 is 19.7 Å². The number of azo groups is 1. The van der Waals surface area contributed by atoms with Gasteiger partial charge >= 0.3 is 0 Å². The SMILES string of the molecule is COc1ccc(/C=N\NC(=O)CC(=O)N=Nc2ccc(OC)c(O)c2)cc1O. The Morgan fingerprint density at radius 3 is 2.29 bits per heavy atom. The lowest BCUT2D eigenvalue weighted by Gasteiger charge is -2.03. The summed E-state index contributed by atoms with van der Waals surface area (Å²) in [6, 6.07) is 8.79. The quantitative estimate of drug-likeness (QED) is 0.288. The Bertz CT molecular complexity index is 926. The van der Waals surface area contributed by atoms with Gasteiger partial charge in [0.15, 0.2) is 23.0 Å². The monoisotopic (exact) mass is 386 g/mol. The number of ether oxygens (including phenoxy) is 2. The average molecular weight is 386 g/mol. The molecule has 0 atom stereocenters. The Balaban J connectivity index is 1.86. The minimum Gasteiger partial charge on any atom is -0.504 e. The molecule has 3 N–H and O–H groups in total.